The lowest BCUT2D eigenvalue weighted by molar-refractivity contribution is -0.108. The molecule has 0 atom stereocenters. The van der Waals surface area contributed by atoms with E-state index >= 15 is 0 Å². The standard InChI is InChI=1S/C9H7FN2O/c10-8-1-2-9-7(5-8)6-11-12(9)3-4-13/h1-2,4-6H,3H2. The average Bonchev–Trinajstić information content (AvgIpc) is 2.49. The first-order chi connectivity index (χ1) is 6.31. The summed E-state index contributed by atoms with van der Waals surface area (Å²) >= 11 is 0. The Morgan fingerprint density at radius 2 is 2.38 bits per heavy atom. The largest absolute Gasteiger partial charge is 0.301 e. The van der Waals surface area contributed by atoms with E-state index in [9.17, 15) is 9.18 Å². The number of halogens is 1. The molecule has 13 heavy (non-hydrogen) atoms. The molecule has 2 aromatic rings. The number of benzene rings is 1. The van der Waals surface area contributed by atoms with Gasteiger partial charge in [0.25, 0.3) is 0 Å². The third kappa shape index (κ3) is 1.30. The van der Waals surface area contributed by atoms with Crippen LogP contribution in [0.25, 0.3) is 10.9 Å². The Morgan fingerprint density at radius 1 is 1.54 bits per heavy atom. The van der Waals surface area contributed by atoms with Gasteiger partial charge in [0.05, 0.1) is 18.3 Å². The third-order valence-electron chi connectivity index (χ3n) is 1.85. The van der Waals surface area contributed by atoms with E-state index in [-0.39, 0.29) is 12.4 Å². The summed E-state index contributed by atoms with van der Waals surface area (Å²) in [5.74, 6) is -0.293. The fourth-order valence-corrected chi connectivity index (χ4v) is 1.27. The number of hydrogen-bond donors (Lipinski definition) is 0. The van der Waals surface area contributed by atoms with Crippen molar-refractivity contribution in [2.24, 2.45) is 0 Å². The summed E-state index contributed by atoms with van der Waals surface area (Å²) in [5, 5.41) is 4.65. The van der Waals surface area contributed by atoms with Crippen molar-refractivity contribution in [2.75, 3.05) is 0 Å². The fraction of sp³-hybridized carbons (Fsp3) is 0.111. The van der Waals surface area contributed by atoms with Gasteiger partial charge in [0, 0.05) is 5.39 Å². The highest BCUT2D eigenvalue weighted by atomic mass is 19.1. The molecular weight excluding hydrogens is 171 g/mol. The first-order valence-corrected chi connectivity index (χ1v) is 3.86. The van der Waals surface area contributed by atoms with E-state index in [1.807, 2.05) is 0 Å². The summed E-state index contributed by atoms with van der Waals surface area (Å²) in [6, 6.07) is 4.36. The number of carbonyl (C=O) groups is 1. The van der Waals surface area contributed by atoms with E-state index in [1.165, 1.54) is 16.8 Å². The molecule has 3 nitrogen and oxygen atoms in total. The van der Waals surface area contributed by atoms with Crippen LogP contribution in [0.2, 0.25) is 0 Å². The van der Waals surface area contributed by atoms with Gasteiger partial charge in [0.15, 0.2) is 0 Å². The second-order valence-corrected chi connectivity index (χ2v) is 2.70. The molecule has 0 aliphatic heterocycles. The maximum Gasteiger partial charge on any atom is 0.141 e. The minimum absolute atomic E-state index is 0.204. The minimum Gasteiger partial charge on any atom is -0.301 e. The lowest BCUT2D eigenvalue weighted by Gasteiger charge is -1.96. The van der Waals surface area contributed by atoms with E-state index in [0.717, 1.165) is 11.8 Å². The Kier molecular flexibility index (Phi) is 1.81. The number of aromatic nitrogens is 2. The molecule has 4 heteroatoms. The zero-order chi connectivity index (χ0) is 9.26. The number of carbonyl (C=O) groups excluding carboxylic acids is 1. The van der Waals surface area contributed by atoms with Gasteiger partial charge >= 0.3 is 0 Å². The molecular formula is C9H7FN2O. The molecule has 2 rings (SSSR count). The van der Waals surface area contributed by atoms with Gasteiger partial charge in [-0.05, 0) is 18.2 Å². The molecule has 1 heterocycles. The Labute approximate surface area is 73.8 Å². The topological polar surface area (TPSA) is 34.9 Å². The van der Waals surface area contributed by atoms with E-state index in [1.54, 1.807) is 12.3 Å². The lowest BCUT2D eigenvalue weighted by atomic mass is 10.2. The van der Waals surface area contributed by atoms with Gasteiger partial charge < -0.3 is 4.79 Å². The third-order valence-corrected chi connectivity index (χ3v) is 1.85. The second-order valence-electron chi connectivity index (χ2n) is 2.70. The number of aldehydes is 1. The summed E-state index contributed by atoms with van der Waals surface area (Å²) in [6.45, 7) is 0.204. The summed E-state index contributed by atoms with van der Waals surface area (Å²) < 4.78 is 14.3. The second kappa shape index (κ2) is 2.97. The van der Waals surface area contributed by atoms with E-state index in [2.05, 4.69) is 5.10 Å². The highest BCUT2D eigenvalue weighted by Gasteiger charge is 2.01. The number of nitrogens with zero attached hydrogens (tertiary/aromatic N) is 2. The molecule has 0 aliphatic carbocycles. The Morgan fingerprint density at radius 3 is 3.15 bits per heavy atom. The summed E-state index contributed by atoms with van der Waals surface area (Å²) in [5.41, 5.74) is 0.772. The van der Waals surface area contributed by atoms with Crippen molar-refractivity contribution >= 4 is 17.2 Å². The maximum absolute atomic E-state index is 12.7. The molecule has 66 valence electrons. The predicted octanol–water partition coefficient (Wildman–Crippen LogP) is 1.37. The van der Waals surface area contributed by atoms with Gasteiger partial charge in [-0.25, -0.2) is 4.39 Å². The quantitative estimate of drug-likeness (QED) is 0.651. The molecule has 0 aliphatic rings. The number of fused-ring (bicyclic) bond motifs is 1. The number of rotatable bonds is 2. The first kappa shape index (κ1) is 7.91. The Hall–Kier alpha value is -1.71. The fourth-order valence-electron chi connectivity index (χ4n) is 1.27. The average molecular weight is 178 g/mol. The first-order valence-electron chi connectivity index (χ1n) is 3.86. The summed E-state index contributed by atoms with van der Waals surface area (Å²) in [6.07, 6.45) is 2.30. The number of hydrogen-bond acceptors (Lipinski definition) is 2. The molecule has 0 radical (unpaired) electrons. The minimum atomic E-state index is -0.293. The molecule has 1 aromatic heterocycles. The Bertz CT molecular complexity index is 450. The molecule has 0 amide bonds. The Balaban J connectivity index is 2.61. The molecule has 0 bridgehead atoms. The molecule has 0 unspecified atom stereocenters. The maximum atomic E-state index is 12.7. The van der Waals surface area contributed by atoms with Crippen molar-refractivity contribution in [2.45, 2.75) is 6.54 Å². The predicted molar refractivity (Wildman–Crippen MR) is 45.8 cm³/mol. The molecule has 0 fully saturated rings. The van der Waals surface area contributed by atoms with Crippen LogP contribution in [0.4, 0.5) is 4.39 Å². The van der Waals surface area contributed by atoms with Crippen LogP contribution in [-0.2, 0) is 11.3 Å². The SMILES string of the molecule is O=CCn1ncc2cc(F)ccc21. The van der Waals surface area contributed by atoms with Gasteiger partial charge in [-0.3, -0.25) is 4.68 Å². The van der Waals surface area contributed by atoms with Crippen LogP contribution in [0.15, 0.2) is 24.4 Å². The molecule has 0 spiro atoms. The van der Waals surface area contributed by atoms with Crippen molar-refractivity contribution in [3.63, 3.8) is 0 Å². The molecule has 1 aromatic carbocycles. The van der Waals surface area contributed by atoms with Crippen molar-refractivity contribution in [3.05, 3.63) is 30.2 Å². The van der Waals surface area contributed by atoms with Crippen molar-refractivity contribution in [1.29, 1.82) is 0 Å². The lowest BCUT2D eigenvalue weighted by Crippen LogP contribution is -1.99. The van der Waals surface area contributed by atoms with Crippen molar-refractivity contribution in [3.8, 4) is 0 Å². The normalized spacial score (nSPS) is 10.5. The smallest absolute Gasteiger partial charge is 0.141 e. The van der Waals surface area contributed by atoms with Gasteiger partial charge in [-0.15, -0.1) is 0 Å². The van der Waals surface area contributed by atoms with Crippen LogP contribution in [0, 0.1) is 5.82 Å². The highest BCUT2D eigenvalue weighted by Crippen LogP contribution is 2.14. The van der Waals surface area contributed by atoms with E-state index in [4.69, 9.17) is 0 Å². The van der Waals surface area contributed by atoms with Crippen molar-refractivity contribution < 1.29 is 9.18 Å². The zero-order valence-electron chi connectivity index (χ0n) is 6.77. The van der Waals surface area contributed by atoms with Crippen LogP contribution in [0.3, 0.4) is 0 Å². The van der Waals surface area contributed by atoms with Crippen LogP contribution in [0.1, 0.15) is 0 Å². The molecule has 0 saturated carbocycles. The summed E-state index contributed by atoms with van der Waals surface area (Å²) in [7, 11) is 0. The highest BCUT2D eigenvalue weighted by molar-refractivity contribution is 5.79. The van der Waals surface area contributed by atoms with E-state index in [0.29, 0.717) is 5.39 Å². The summed E-state index contributed by atoms with van der Waals surface area (Å²) in [4.78, 5) is 10.2. The van der Waals surface area contributed by atoms with Gasteiger partial charge in [0.2, 0.25) is 0 Å². The molecule has 0 N–H and O–H groups in total. The van der Waals surface area contributed by atoms with Crippen LogP contribution >= 0.6 is 0 Å². The van der Waals surface area contributed by atoms with Crippen LogP contribution < -0.4 is 0 Å². The van der Waals surface area contributed by atoms with Crippen LogP contribution in [0.5, 0.6) is 0 Å². The zero-order valence-corrected chi connectivity index (χ0v) is 6.77. The van der Waals surface area contributed by atoms with Crippen LogP contribution in [-0.4, -0.2) is 16.1 Å². The monoisotopic (exact) mass is 178 g/mol. The van der Waals surface area contributed by atoms with Crippen molar-refractivity contribution in [1.82, 2.24) is 9.78 Å². The van der Waals surface area contributed by atoms with Gasteiger partial charge in [0.1, 0.15) is 12.1 Å². The van der Waals surface area contributed by atoms with E-state index < -0.39 is 0 Å². The van der Waals surface area contributed by atoms with Gasteiger partial charge in [-0.2, -0.15) is 5.10 Å². The van der Waals surface area contributed by atoms with Gasteiger partial charge in [-0.1, -0.05) is 0 Å². The molecule has 0 saturated heterocycles.